The van der Waals surface area contributed by atoms with Gasteiger partial charge in [0.2, 0.25) is 5.82 Å². The van der Waals surface area contributed by atoms with E-state index in [1.54, 1.807) is 0 Å². The zero-order chi connectivity index (χ0) is 14.0. The van der Waals surface area contributed by atoms with Crippen molar-refractivity contribution in [3.8, 4) is 0 Å². The first-order valence-corrected chi connectivity index (χ1v) is 6.08. The summed E-state index contributed by atoms with van der Waals surface area (Å²) in [5.74, 6) is 4.59. The smallest absolute Gasteiger partial charge is 0.367 e. The Bertz CT molecular complexity index is 448. The molecule has 0 aromatic carbocycles. The number of hydrogen-bond donors (Lipinski definition) is 3. The van der Waals surface area contributed by atoms with E-state index in [-0.39, 0.29) is 17.7 Å². The third-order valence-corrected chi connectivity index (χ3v) is 3.17. The number of anilines is 2. The van der Waals surface area contributed by atoms with Gasteiger partial charge in [-0.3, -0.25) is 0 Å². The van der Waals surface area contributed by atoms with Gasteiger partial charge in [-0.15, -0.1) is 0 Å². The number of hydrazine groups is 1. The summed E-state index contributed by atoms with van der Waals surface area (Å²) in [6.07, 6.45) is -1.67. The van der Waals surface area contributed by atoms with E-state index in [4.69, 9.17) is 5.84 Å². The number of nitrogen functional groups attached to an aromatic ring is 1. The van der Waals surface area contributed by atoms with Crippen molar-refractivity contribution < 1.29 is 13.2 Å². The molecule has 5 nitrogen and oxygen atoms in total. The topological polar surface area (TPSA) is 75.9 Å². The molecule has 0 radical (unpaired) electrons. The van der Waals surface area contributed by atoms with Gasteiger partial charge in [-0.25, -0.2) is 15.8 Å². The number of rotatable bonds is 3. The minimum absolute atomic E-state index is 0.0594. The highest BCUT2D eigenvalue weighted by Crippen LogP contribution is 2.30. The lowest BCUT2D eigenvalue weighted by molar-refractivity contribution is -0.144. The van der Waals surface area contributed by atoms with Gasteiger partial charge in [-0.1, -0.05) is 6.92 Å². The normalized spacial score (nSPS) is 23.4. The van der Waals surface area contributed by atoms with Crippen molar-refractivity contribution in [2.45, 2.75) is 38.4 Å². The lowest BCUT2D eigenvalue weighted by Gasteiger charge is -2.15. The lowest BCUT2D eigenvalue weighted by Crippen LogP contribution is -2.20. The monoisotopic (exact) mass is 275 g/mol. The number of nitrogens with zero attached hydrogens (tertiary/aromatic N) is 2. The van der Waals surface area contributed by atoms with Crippen molar-refractivity contribution in [2.75, 3.05) is 10.7 Å². The van der Waals surface area contributed by atoms with Crippen molar-refractivity contribution in [1.29, 1.82) is 0 Å². The van der Waals surface area contributed by atoms with E-state index in [0.29, 0.717) is 5.92 Å². The quantitative estimate of drug-likeness (QED) is 0.583. The highest BCUT2D eigenvalue weighted by Gasteiger charge is 2.35. The molecule has 0 spiro atoms. The first-order valence-electron chi connectivity index (χ1n) is 6.08. The number of hydrogen-bond acceptors (Lipinski definition) is 5. The van der Waals surface area contributed by atoms with E-state index in [0.717, 1.165) is 19.3 Å². The molecule has 1 fully saturated rings. The molecule has 2 atom stereocenters. The predicted molar refractivity (Wildman–Crippen MR) is 65.3 cm³/mol. The van der Waals surface area contributed by atoms with Crippen molar-refractivity contribution in [3.05, 3.63) is 11.9 Å². The van der Waals surface area contributed by atoms with Crippen LogP contribution in [0, 0.1) is 5.92 Å². The van der Waals surface area contributed by atoms with Crippen molar-refractivity contribution in [2.24, 2.45) is 11.8 Å². The maximum absolute atomic E-state index is 12.6. The van der Waals surface area contributed by atoms with Gasteiger partial charge in [0.1, 0.15) is 11.6 Å². The second-order valence-corrected chi connectivity index (χ2v) is 4.86. The second-order valence-electron chi connectivity index (χ2n) is 4.86. The lowest BCUT2D eigenvalue weighted by atomic mass is 10.1. The first-order chi connectivity index (χ1) is 8.88. The van der Waals surface area contributed by atoms with E-state index in [1.165, 1.54) is 6.07 Å². The van der Waals surface area contributed by atoms with Crippen LogP contribution in [0.3, 0.4) is 0 Å². The maximum Gasteiger partial charge on any atom is 0.451 e. The van der Waals surface area contributed by atoms with Crippen LogP contribution in [0.2, 0.25) is 0 Å². The summed E-state index contributed by atoms with van der Waals surface area (Å²) in [4.78, 5) is 6.80. The third-order valence-electron chi connectivity index (χ3n) is 3.17. The standard InChI is InChI=1S/C11H16F3N5/c1-6-2-3-7(4-6)16-8-5-9(19-15)18-10(17-8)11(12,13)14/h5-7H,2-4,15H2,1H3,(H2,16,17,18,19). The highest BCUT2D eigenvalue weighted by molar-refractivity contribution is 5.47. The van der Waals surface area contributed by atoms with Gasteiger partial charge in [0.25, 0.3) is 0 Å². The molecule has 0 aliphatic heterocycles. The minimum atomic E-state index is -4.59. The molecular weight excluding hydrogens is 259 g/mol. The Morgan fingerprint density at radius 2 is 1.95 bits per heavy atom. The van der Waals surface area contributed by atoms with Crippen LogP contribution in [0.4, 0.5) is 24.8 Å². The number of nitrogens with one attached hydrogen (secondary N) is 2. The number of aromatic nitrogens is 2. The summed E-state index contributed by atoms with van der Waals surface area (Å²) < 4.78 is 37.9. The average molecular weight is 275 g/mol. The molecule has 1 aromatic heterocycles. The van der Waals surface area contributed by atoms with Crippen LogP contribution in [0.25, 0.3) is 0 Å². The summed E-state index contributed by atoms with van der Waals surface area (Å²) >= 11 is 0. The molecule has 0 bridgehead atoms. The minimum Gasteiger partial charge on any atom is -0.367 e. The molecule has 1 aliphatic rings. The van der Waals surface area contributed by atoms with Crippen LogP contribution in [0.15, 0.2) is 6.07 Å². The molecule has 1 heterocycles. The van der Waals surface area contributed by atoms with Crippen molar-refractivity contribution >= 4 is 11.6 Å². The zero-order valence-electron chi connectivity index (χ0n) is 10.5. The fourth-order valence-electron chi connectivity index (χ4n) is 2.27. The van der Waals surface area contributed by atoms with E-state index >= 15 is 0 Å². The molecular formula is C11H16F3N5. The molecule has 1 aliphatic carbocycles. The SMILES string of the molecule is CC1CCC(Nc2cc(NN)nc(C(F)(F)F)n2)C1. The van der Waals surface area contributed by atoms with E-state index < -0.39 is 12.0 Å². The van der Waals surface area contributed by atoms with Gasteiger partial charge in [0.05, 0.1) is 0 Å². The van der Waals surface area contributed by atoms with Gasteiger partial charge in [-0.2, -0.15) is 13.2 Å². The van der Waals surface area contributed by atoms with Crippen molar-refractivity contribution in [3.63, 3.8) is 0 Å². The molecule has 2 rings (SSSR count). The van der Waals surface area contributed by atoms with Crippen LogP contribution in [-0.4, -0.2) is 16.0 Å². The Morgan fingerprint density at radius 3 is 2.47 bits per heavy atom. The molecule has 1 saturated carbocycles. The van der Waals surface area contributed by atoms with E-state index in [9.17, 15) is 13.2 Å². The first kappa shape index (κ1) is 13.9. The van der Waals surface area contributed by atoms with E-state index in [1.807, 2.05) is 0 Å². The molecule has 0 amide bonds. The maximum atomic E-state index is 12.6. The largest absolute Gasteiger partial charge is 0.451 e. The fraction of sp³-hybridized carbons (Fsp3) is 0.636. The summed E-state index contributed by atoms with van der Waals surface area (Å²) in [7, 11) is 0. The van der Waals surface area contributed by atoms with Gasteiger partial charge in [0, 0.05) is 12.1 Å². The predicted octanol–water partition coefficient (Wildman–Crippen LogP) is 2.38. The Morgan fingerprint density at radius 1 is 1.26 bits per heavy atom. The molecule has 2 unspecified atom stereocenters. The Balaban J connectivity index is 2.20. The average Bonchev–Trinajstić information content (AvgIpc) is 2.73. The molecule has 19 heavy (non-hydrogen) atoms. The van der Waals surface area contributed by atoms with Gasteiger partial charge < -0.3 is 10.7 Å². The molecule has 4 N–H and O–H groups in total. The van der Waals surface area contributed by atoms with Crippen LogP contribution in [0.1, 0.15) is 32.0 Å². The number of nitrogens with two attached hydrogens (primary N) is 1. The molecule has 1 aromatic rings. The van der Waals surface area contributed by atoms with Crippen LogP contribution in [0.5, 0.6) is 0 Å². The third kappa shape index (κ3) is 3.46. The second kappa shape index (κ2) is 5.20. The molecule has 0 saturated heterocycles. The zero-order valence-corrected chi connectivity index (χ0v) is 10.5. The van der Waals surface area contributed by atoms with Gasteiger partial charge in [0.15, 0.2) is 0 Å². The number of alkyl halides is 3. The van der Waals surface area contributed by atoms with Gasteiger partial charge in [-0.05, 0) is 25.2 Å². The Kier molecular flexibility index (Phi) is 3.79. The van der Waals surface area contributed by atoms with Crippen molar-refractivity contribution in [1.82, 2.24) is 9.97 Å². The van der Waals surface area contributed by atoms with Gasteiger partial charge >= 0.3 is 6.18 Å². The highest BCUT2D eigenvalue weighted by atomic mass is 19.4. The number of halogens is 3. The van der Waals surface area contributed by atoms with Crippen LogP contribution in [-0.2, 0) is 6.18 Å². The summed E-state index contributed by atoms with van der Waals surface area (Å²) in [6.45, 7) is 2.12. The van der Waals surface area contributed by atoms with E-state index in [2.05, 4.69) is 27.6 Å². The van der Waals surface area contributed by atoms with Crippen LogP contribution >= 0.6 is 0 Å². The Labute approximate surface area is 108 Å². The Hall–Kier alpha value is -1.57. The summed E-state index contributed by atoms with van der Waals surface area (Å²) in [5.41, 5.74) is 2.12. The molecule has 106 valence electrons. The summed E-state index contributed by atoms with van der Waals surface area (Å²) in [5, 5.41) is 3.01. The fourth-order valence-corrected chi connectivity index (χ4v) is 2.27. The molecule has 8 heteroatoms. The van der Waals surface area contributed by atoms with Crippen LogP contribution < -0.4 is 16.6 Å². The summed E-state index contributed by atoms with van der Waals surface area (Å²) in [6, 6.07) is 1.52.